The molecule has 140 valence electrons. The van der Waals surface area contributed by atoms with E-state index in [1.807, 2.05) is 13.8 Å². The van der Waals surface area contributed by atoms with Gasteiger partial charge in [0.1, 0.15) is 0 Å². The molecule has 7 heteroatoms. The number of amides is 1. The fourth-order valence-corrected chi connectivity index (χ4v) is 3.66. The summed E-state index contributed by atoms with van der Waals surface area (Å²) in [6.07, 6.45) is 1.47. The lowest BCUT2D eigenvalue weighted by Crippen LogP contribution is -2.52. The van der Waals surface area contributed by atoms with Gasteiger partial charge in [-0.25, -0.2) is 8.42 Å². The number of nitrogens with one attached hydrogen (secondary N) is 2. The van der Waals surface area contributed by atoms with E-state index in [-0.39, 0.29) is 10.8 Å². The van der Waals surface area contributed by atoms with Crippen LogP contribution < -0.4 is 15.8 Å². The number of hydrogen-bond acceptors (Lipinski definition) is 4. The number of rotatable bonds is 8. The van der Waals surface area contributed by atoms with Gasteiger partial charge in [-0.05, 0) is 49.2 Å². The largest absolute Gasteiger partial charge is 0.345 e. The predicted octanol–water partition coefficient (Wildman–Crippen LogP) is 2.73. The molecule has 0 saturated heterocycles. The van der Waals surface area contributed by atoms with Crippen LogP contribution in [-0.4, -0.2) is 26.4 Å². The van der Waals surface area contributed by atoms with Crippen molar-refractivity contribution < 1.29 is 13.2 Å². The lowest BCUT2D eigenvalue weighted by atomic mass is 9.92. The molecule has 0 aliphatic heterocycles. The normalized spacial score (nSPS) is 11.8. The van der Waals surface area contributed by atoms with Crippen LogP contribution in [0, 0.1) is 0 Å². The van der Waals surface area contributed by atoms with Crippen molar-refractivity contribution in [1.29, 1.82) is 0 Å². The van der Waals surface area contributed by atoms with Gasteiger partial charge in [0.2, 0.25) is 0 Å². The molecule has 0 aromatic heterocycles. The standard InChI is InChI=1S/C19H25N3O3S/c1-3-19(4-2,14-20)21-18(23)15-10-12-16(13-11-15)22-26(24,25)17-8-6-5-7-9-17/h5-13,22H,3-4,14,20H2,1-2H3,(H,21,23). The zero-order valence-electron chi connectivity index (χ0n) is 15.0. The summed E-state index contributed by atoms with van der Waals surface area (Å²) in [4.78, 5) is 12.6. The molecule has 0 saturated carbocycles. The van der Waals surface area contributed by atoms with Crippen LogP contribution in [0.1, 0.15) is 37.0 Å². The number of hydrogen-bond donors (Lipinski definition) is 3. The van der Waals surface area contributed by atoms with E-state index in [0.29, 0.717) is 17.8 Å². The first-order valence-electron chi connectivity index (χ1n) is 8.56. The molecule has 2 rings (SSSR count). The Morgan fingerprint density at radius 2 is 1.58 bits per heavy atom. The second-order valence-electron chi connectivity index (χ2n) is 6.14. The Balaban J connectivity index is 2.12. The van der Waals surface area contributed by atoms with Crippen LogP contribution in [0.4, 0.5) is 5.69 Å². The lowest BCUT2D eigenvalue weighted by molar-refractivity contribution is 0.0895. The maximum absolute atomic E-state index is 12.4. The molecule has 0 heterocycles. The first-order valence-corrected chi connectivity index (χ1v) is 10.0. The van der Waals surface area contributed by atoms with Crippen LogP contribution in [0.15, 0.2) is 59.5 Å². The topological polar surface area (TPSA) is 101 Å². The Labute approximate surface area is 154 Å². The van der Waals surface area contributed by atoms with Crippen molar-refractivity contribution in [2.24, 2.45) is 5.73 Å². The van der Waals surface area contributed by atoms with Gasteiger partial charge in [0.15, 0.2) is 0 Å². The summed E-state index contributed by atoms with van der Waals surface area (Å²) in [5, 5.41) is 2.99. The molecule has 26 heavy (non-hydrogen) atoms. The maximum Gasteiger partial charge on any atom is 0.261 e. The molecule has 2 aromatic rings. The van der Waals surface area contributed by atoms with Crippen molar-refractivity contribution in [1.82, 2.24) is 5.32 Å². The Morgan fingerprint density at radius 3 is 2.08 bits per heavy atom. The fourth-order valence-electron chi connectivity index (χ4n) is 2.58. The Kier molecular flexibility index (Phi) is 6.39. The molecule has 0 aliphatic rings. The summed E-state index contributed by atoms with van der Waals surface area (Å²) in [7, 11) is -3.65. The highest BCUT2D eigenvalue weighted by Gasteiger charge is 2.26. The minimum atomic E-state index is -3.65. The van der Waals surface area contributed by atoms with E-state index in [2.05, 4.69) is 10.0 Å². The number of benzene rings is 2. The zero-order chi connectivity index (χ0) is 19.2. The first-order chi connectivity index (χ1) is 12.4. The van der Waals surface area contributed by atoms with E-state index >= 15 is 0 Å². The summed E-state index contributed by atoms with van der Waals surface area (Å²) < 4.78 is 27.1. The minimum absolute atomic E-state index is 0.181. The Morgan fingerprint density at radius 1 is 1.00 bits per heavy atom. The molecular formula is C19H25N3O3S. The van der Waals surface area contributed by atoms with Gasteiger partial charge in [0.05, 0.1) is 10.4 Å². The van der Waals surface area contributed by atoms with Crippen molar-refractivity contribution in [2.75, 3.05) is 11.3 Å². The average molecular weight is 375 g/mol. The predicted molar refractivity (Wildman–Crippen MR) is 104 cm³/mol. The molecule has 0 atom stereocenters. The number of sulfonamides is 1. The third-order valence-corrected chi connectivity index (χ3v) is 5.97. The quantitative estimate of drug-likeness (QED) is 0.660. The molecule has 0 spiro atoms. The summed E-state index contributed by atoms with van der Waals surface area (Å²) in [6.45, 7) is 4.33. The van der Waals surface area contributed by atoms with Crippen molar-refractivity contribution in [3.63, 3.8) is 0 Å². The summed E-state index contributed by atoms with van der Waals surface area (Å²) in [5.74, 6) is -0.225. The Hall–Kier alpha value is -2.38. The number of anilines is 1. The Bertz CT molecular complexity index is 822. The third-order valence-electron chi connectivity index (χ3n) is 4.58. The second kappa shape index (κ2) is 8.33. The van der Waals surface area contributed by atoms with Crippen molar-refractivity contribution in [3.05, 3.63) is 60.2 Å². The highest BCUT2D eigenvalue weighted by atomic mass is 32.2. The van der Waals surface area contributed by atoms with Crippen molar-refractivity contribution in [2.45, 2.75) is 37.1 Å². The molecule has 4 N–H and O–H groups in total. The molecule has 6 nitrogen and oxygen atoms in total. The fraction of sp³-hybridized carbons (Fsp3) is 0.316. The molecule has 2 aromatic carbocycles. The average Bonchev–Trinajstić information content (AvgIpc) is 2.67. The van der Waals surface area contributed by atoms with Gasteiger partial charge in [-0.2, -0.15) is 0 Å². The first kappa shape index (κ1) is 19.9. The smallest absolute Gasteiger partial charge is 0.261 e. The van der Waals surface area contributed by atoms with Crippen LogP contribution in [0.5, 0.6) is 0 Å². The molecule has 1 amide bonds. The van der Waals surface area contributed by atoms with Gasteiger partial charge < -0.3 is 11.1 Å². The molecule has 0 aliphatic carbocycles. The van der Waals surface area contributed by atoms with Gasteiger partial charge in [0.25, 0.3) is 15.9 Å². The second-order valence-corrected chi connectivity index (χ2v) is 7.82. The highest BCUT2D eigenvalue weighted by Crippen LogP contribution is 2.18. The monoisotopic (exact) mass is 375 g/mol. The molecule has 0 bridgehead atoms. The van der Waals surface area contributed by atoms with Crippen LogP contribution >= 0.6 is 0 Å². The number of carbonyl (C=O) groups excluding carboxylic acids is 1. The van der Waals surface area contributed by atoms with E-state index in [1.54, 1.807) is 42.5 Å². The SMILES string of the molecule is CCC(CC)(CN)NC(=O)c1ccc(NS(=O)(=O)c2ccccc2)cc1. The van der Waals surface area contributed by atoms with E-state index in [0.717, 1.165) is 12.8 Å². The maximum atomic E-state index is 12.4. The third kappa shape index (κ3) is 4.62. The van der Waals surface area contributed by atoms with E-state index in [1.165, 1.54) is 12.1 Å². The van der Waals surface area contributed by atoms with Gasteiger partial charge in [0, 0.05) is 17.8 Å². The van der Waals surface area contributed by atoms with Crippen molar-refractivity contribution >= 4 is 21.6 Å². The summed E-state index contributed by atoms with van der Waals surface area (Å²) in [5.41, 5.74) is 6.23. The molecule has 0 radical (unpaired) electrons. The zero-order valence-corrected chi connectivity index (χ0v) is 15.8. The van der Waals surface area contributed by atoms with Crippen LogP contribution in [0.25, 0.3) is 0 Å². The van der Waals surface area contributed by atoms with E-state index in [9.17, 15) is 13.2 Å². The molecular weight excluding hydrogens is 350 g/mol. The summed E-state index contributed by atoms with van der Waals surface area (Å²) in [6, 6.07) is 14.4. The van der Waals surface area contributed by atoms with Gasteiger partial charge >= 0.3 is 0 Å². The number of carbonyl (C=O) groups is 1. The van der Waals surface area contributed by atoms with E-state index in [4.69, 9.17) is 5.73 Å². The van der Waals surface area contributed by atoms with Crippen molar-refractivity contribution in [3.8, 4) is 0 Å². The van der Waals surface area contributed by atoms with E-state index < -0.39 is 15.6 Å². The molecule has 0 unspecified atom stereocenters. The molecule has 0 fully saturated rings. The van der Waals surface area contributed by atoms with Gasteiger partial charge in [-0.1, -0.05) is 32.0 Å². The summed E-state index contributed by atoms with van der Waals surface area (Å²) >= 11 is 0. The lowest BCUT2D eigenvalue weighted by Gasteiger charge is -2.31. The highest BCUT2D eigenvalue weighted by molar-refractivity contribution is 7.92. The van der Waals surface area contributed by atoms with Crippen LogP contribution in [0.2, 0.25) is 0 Å². The van der Waals surface area contributed by atoms with Gasteiger partial charge in [-0.3, -0.25) is 9.52 Å². The van der Waals surface area contributed by atoms with Crippen LogP contribution in [0.3, 0.4) is 0 Å². The van der Waals surface area contributed by atoms with Gasteiger partial charge in [-0.15, -0.1) is 0 Å². The minimum Gasteiger partial charge on any atom is -0.345 e. The van der Waals surface area contributed by atoms with Crippen LogP contribution in [-0.2, 0) is 10.0 Å². The number of nitrogens with two attached hydrogens (primary N) is 1.